The van der Waals surface area contributed by atoms with Gasteiger partial charge < -0.3 is 16.5 Å². The van der Waals surface area contributed by atoms with Crippen LogP contribution in [0.15, 0.2) is 5.10 Å². The standard InChI is InChI=1S/C8H18N4S/c1-8(2)3-4-12(5-6-13-8)7(9)11-10/h3-6,10H2,1-2H3,(H2,9,11). The largest absolute Gasteiger partial charge is 0.368 e. The van der Waals surface area contributed by atoms with E-state index in [-0.39, 0.29) is 0 Å². The molecular weight excluding hydrogens is 184 g/mol. The molecule has 76 valence electrons. The van der Waals surface area contributed by atoms with E-state index in [1.165, 1.54) is 0 Å². The van der Waals surface area contributed by atoms with Gasteiger partial charge in [0.15, 0.2) is 0 Å². The molecule has 0 aromatic carbocycles. The molecule has 0 saturated carbocycles. The van der Waals surface area contributed by atoms with Crippen LogP contribution >= 0.6 is 11.8 Å². The topological polar surface area (TPSA) is 67.6 Å². The van der Waals surface area contributed by atoms with Gasteiger partial charge in [0.25, 0.3) is 0 Å². The second-order valence-corrected chi connectivity index (χ2v) is 5.63. The van der Waals surface area contributed by atoms with Gasteiger partial charge in [0.2, 0.25) is 5.96 Å². The van der Waals surface area contributed by atoms with E-state index in [1.54, 1.807) is 0 Å². The monoisotopic (exact) mass is 202 g/mol. The quantitative estimate of drug-likeness (QED) is 0.258. The number of guanidine groups is 1. The Hall–Kier alpha value is -0.580. The van der Waals surface area contributed by atoms with Crippen LogP contribution in [0, 0.1) is 0 Å². The molecule has 0 spiro atoms. The van der Waals surface area contributed by atoms with Crippen molar-refractivity contribution in [1.82, 2.24) is 4.90 Å². The molecule has 0 atom stereocenters. The van der Waals surface area contributed by atoms with Gasteiger partial charge in [-0.15, -0.1) is 5.10 Å². The van der Waals surface area contributed by atoms with E-state index in [2.05, 4.69) is 18.9 Å². The molecule has 0 radical (unpaired) electrons. The Kier molecular flexibility index (Phi) is 3.30. The molecule has 4 nitrogen and oxygen atoms in total. The van der Waals surface area contributed by atoms with Crippen molar-refractivity contribution in [2.45, 2.75) is 25.0 Å². The van der Waals surface area contributed by atoms with Gasteiger partial charge in [0.05, 0.1) is 0 Å². The summed E-state index contributed by atoms with van der Waals surface area (Å²) in [5, 5.41) is 3.51. The molecule has 1 fully saturated rings. The molecule has 0 bridgehead atoms. The molecule has 0 aliphatic carbocycles. The molecule has 1 heterocycles. The second-order valence-electron chi connectivity index (χ2n) is 3.83. The average molecular weight is 202 g/mol. The smallest absolute Gasteiger partial charge is 0.213 e. The van der Waals surface area contributed by atoms with E-state index in [1.807, 2.05) is 16.7 Å². The minimum Gasteiger partial charge on any atom is -0.368 e. The number of hydrazone groups is 1. The number of nitrogens with zero attached hydrogens (tertiary/aromatic N) is 2. The van der Waals surface area contributed by atoms with Crippen LogP contribution in [-0.4, -0.2) is 34.4 Å². The van der Waals surface area contributed by atoms with Crippen molar-refractivity contribution in [2.24, 2.45) is 16.7 Å². The van der Waals surface area contributed by atoms with Gasteiger partial charge in [-0.2, -0.15) is 11.8 Å². The highest BCUT2D eigenvalue weighted by molar-refractivity contribution is 8.00. The Balaban J connectivity index is 2.55. The molecule has 1 aliphatic rings. The average Bonchev–Trinajstić information content (AvgIpc) is 2.25. The second kappa shape index (κ2) is 4.09. The lowest BCUT2D eigenvalue weighted by Crippen LogP contribution is -2.39. The molecule has 0 unspecified atom stereocenters. The van der Waals surface area contributed by atoms with Crippen molar-refractivity contribution in [1.29, 1.82) is 0 Å². The summed E-state index contributed by atoms with van der Waals surface area (Å²) >= 11 is 1.98. The van der Waals surface area contributed by atoms with E-state index in [9.17, 15) is 0 Å². The minimum absolute atomic E-state index is 0.351. The molecule has 0 amide bonds. The van der Waals surface area contributed by atoms with Crippen molar-refractivity contribution >= 4 is 17.7 Å². The fourth-order valence-electron chi connectivity index (χ4n) is 1.33. The van der Waals surface area contributed by atoms with Gasteiger partial charge in [-0.25, -0.2) is 0 Å². The summed E-state index contributed by atoms with van der Waals surface area (Å²) in [5.74, 6) is 6.68. The summed E-state index contributed by atoms with van der Waals surface area (Å²) in [6.07, 6.45) is 1.12. The first kappa shape index (κ1) is 10.5. The van der Waals surface area contributed by atoms with E-state index < -0.39 is 0 Å². The maximum atomic E-state index is 5.65. The van der Waals surface area contributed by atoms with Crippen LogP contribution in [0.4, 0.5) is 0 Å². The molecule has 1 saturated heterocycles. The third-order valence-corrected chi connectivity index (χ3v) is 3.67. The molecule has 0 aromatic heterocycles. The minimum atomic E-state index is 0.351. The first-order valence-corrected chi connectivity index (χ1v) is 5.46. The molecule has 5 heteroatoms. The van der Waals surface area contributed by atoms with Gasteiger partial charge in [-0.1, -0.05) is 13.8 Å². The van der Waals surface area contributed by atoms with Gasteiger partial charge in [-0.05, 0) is 6.42 Å². The van der Waals surface area contributed by atoms with Crippen molar-refractivity contribution in [3.05, 3.63) is 0 Å². The molecule has 1 aliphatic heterocycles. The molecule has 4 N–H and O–H groups in total. The van der Waals surface area contributed by atoms with Crippen molar-refractivity contribution in [2.75, 3.05) is 18.8 Å². The Morgan fingerprint density at radius 1 is 1.46 bits per heavy atom. The third kappa shape index (κ3) is 2.99. The van der Waals surface area contributed by atoms with Crippen molar-refractivity contribution in [3.8, 4) is 0 Å². The van der Waals surface area contributed by atoms with Crippen LogP contribution < -0.4 is 11.6 Å². The zero-order valence-electron chi connectivity index (χ0n) is 8.29. The maximum absolute atomic E-state index is 5.65. The summed E-state index contributed by atoms with van der Waals surface area (Å²) in [6.45, 7) is 6.42. The highest BCUT2D eigenvalue weighted by atomic mass is 32.2. The molecular formula is C8H18N4S. The van der Waals surface area contributed by atoms with Crippen LogP contribution in [0.1, 0.15) is 20.3 Å². The maximum Gasteiger partial charge on any atom is 0.213 e. The van der Waals surface area contributed by atoms with Crippen molar-refractivity contribution < 1.29 is 0 Å². The van der Waals surface area contributed by atoms with E-state index in [0.717, 1.165) is 25.3 Å². The van der Waals surface area contributed by atoms with Crippen LogP contribution in [-0.2, 0) is 0 Å². The van der Waals surface area contributed by atoms with Crippen LogP contribution in [0.2, 0.25) is 0 Å². The lowest BCUT2D eigenvalue weighted by atomic mass is 10.1. The third-order valence-electron chi connectivity index (χ3n) is 2.29. The number of hydrogen-bond acceptors (Lipinski definition) is 3. The highest BCUT2D eigenvalue weighted by Gasteiger charge is 2.24. The highest BCUT2D eigenvalue weighted by Crippen LogP contribution is 2.30. The predicted octanol–water partition coefficient (Wildman–Crippen LogP) is 0.392. The summed E-state index contributed by atoms with van der Waals surface area (Å²) in [4.78, 5) is 2.04. The van der Waals surface area contributed by atoms with Gasteiger partial charge in [-0.3, -0.25) is 0 Å². The van der Waals surface area contributed by atoms with Gasteiger partial charge >= 0.3 is 0 Å². The number of thioether (sulfide) groups is 1. The molecule has 13 heavy (non-hydrogen) atoms. The van der Waals surface area contributed by atoms with E-state index >= 15 is 0 Å². The number of hydrogen-bond donors (Lipinski definition) is 2. The lowest BCUT2D eigenvalue weighted by Gasteiger charge is -2.22. The Labute approximate surface area is 83.7 Å². The Morgan fingerprint density at radius 2 is 2.15 bits per heavy atom. The first-order valence-electron chi connectivity index (χ1n) is 4.47. The first-order chi connectivity index (χ1) is 6.05. The zero-order chi connectivity index (χ0) is 9.90. The predicted molar refractivity (Wildman–Crippen MR) is 58.5 cm³/mol. The van der Waals surface area contributed by atoms with Crippen LogP contribution in [0.3, 0.4) is 0 Å². The number of rotatable bonds is 0. The van der Waals surface area contributed by atoms with E-state index in [0.29, 0.717) is 10.7 Å². The SMILES string of the molecule is CC1(C)CCN(C(N)=NN)CCS1. The van der Waals surface area contributed by atoms with Gasteiger partial charge in [0.1, 0.15) is 0 Å². The summed E-state index contributed by atoms with van der Waals surface area (Å²) < 4.78 is 0.351. The number of nitrogens with two attached hydrogens (primary N) is 2. The normalized spacial score (nSPS) is 24.2. The van der Waals surface area contributed by atoms with E-state index in [4.69, 9.17) is 11.6 Å². The Morgan fingerprint density at radius 3 is 2.77 bits per heavy atom. The fourth-order valence-corrected chi connectivity index (χ4v) is 2.43. The van der Waals surface area contributed by atoms with Gasteiger partial charge in [0, 0.05) is 23.6 Å². The summed E-state index contributed by atoms with van der Waals surface area (Å²) in [6, 6.07) is 0. The summed E-state index contributed by atoms with van der Waals surface area (Å²) in [5.41, 5.74) is 5.65. The van der Waals surface area contributed by atoms with Crippen LogP contribution in [0.25, 0.3) is 0 Å². The molecule has 0 aromatic rings. The zero-order valence-corrected chi connectivity index (χ0v) is 9.10. The fraction of sp³-hybridized carbons (Fsp3) is 0.875. The lowest BCUT2D eigenvalue weighted by molar-refractivity contribution is 0.417. The van der Waals surface area contributed by atoms with Crippen LogP contribution in [0.5, 0.6) is 0 Å². The molecule has 1 rings (SSSR count). The Bertz CT molecular complexity index is 202. The summed E-state index contributed by atoms with van der Waals surface area (Å²) in [7, 11) is 0. The van der Waals surface area contributed by atoms with Crippen molar-refractivity contribution in [3.63, 3.8) is 0 Å².